The Kier molecular flexibility index (Phi) is 4.57. The normalized spacial score (nSPS) is 12.2. The number of benzene rings is 1. The van der Waals surface area contributed by atoms with Gasteiger partial charge >= 0.3 is 0 Å². The molecule has 2 rings (SSSR count). The van der Waals surface area contributed by atoms with Gasteiger partial charge in [-0.05, 0) is 24.1 Å². The van der Waals surface area contributed by atoms with E-state index in [1.165, 1.54) is 0 Å². The molecule has 0 spiro atoms. The quantitative estimate of drug-likeness (QED) is 0.870. The van der Waals surface area contributed by atoms with Crippen LogP contribution in [0.1, 0.15) is 36.7 Å². The molecule has 0 fully saturated rings. The Morgan fingerprint density at radius 1 is 1.25 bits per heavy atom. The first-order chi connectivity index (χ1) is 9.69. The summed E-state index contributed by atoms with van der Waals surface area (Å²) in [6.45, 7) is 2.05. The molecule has 2 aromatic rings. The number of ether oxygens (including phenoxy) is 2. The third kappa shape index (κ3) is 2.91. The summed E-state index contributed by atoms with van der Waals surface area (Å²) in [6.07, 6.45) is 1.71. The van der Waals surface area contributed by atoms with Crippen molar-refractivity contribution in [2.24, 2.45) is 5.73 Å². The fourth-order valence-electron chi connectivity index (χ4n) is 1.91. The second kappa shape index (κ2) is 6.38. The molecule has 20 heavy (non-hydrogen) atoms. The Bertz CT molecular complexity index is 569. The molecular formula is C14H19N3O3. The van der Waals surface area contributed by atoms with Gasteiger partial charge in [-0.2, -0.15) is 4.98 Å². The lowest BCUT2D eigenvalue weighted by Gasteiger charge is -2.12. The average Bonchev–Trinajstić information content (AvgIpc) is 2.94. The monoisotopic (exact) mass is 277 g/mol. The molecule has 6 heteroatoms. The maximum atomic E-state index is 6.16. The van der Waals surface area contributed by atoms with E-state index in [1.807, 2.05) is 12.1 Å². The number of methoxy groups -OCH3 is 2. The summed E-state index contributed by atoms with van der Waals surface area (Å²) < 4.78 is 15.6. The van der Waals surface area contributed by atoms with Gasteiger partial charge in [-0.15, -0.1) is 0 Å². The Balaban J connectivity index is 2.25. The van der Waals surface area contributed by atoms with Crippen molar-refractivity contribution in [3.63, 3.8) is 0 Å². The molecule has 6 nitrogen and oxygen atoms in total. The zero-order valence-electron chi connectivity index (χ0n) is 11.9. The second-order valence-electron chi connectivity index (χ2n) is 4.39. The molecule has 1 unspecified atom stereocenters. The predicted molar refractivity (Wildman–Crippen MR) is 73.9 cm³/mol. The molecule has 0 saturated carbocycles. The molecule has 0 bridgehead atoms. The summed E-state index contributed by atoms with van der Waals surface area (Å²) in [5.41, 5.74) is 7.00. The molecule has 1 aromatic heterocycles. The summed E-state index contributed by atoms with van der Waals surface area (Å²) in [5.74, 6) is 2.36. The fraction of sp³-hybridized carbons (Fsp3) is 0.429. The highest BCUT2D eigenvalue weighted by Crippen LogP contribution is 2.30. The third-order valence-electron chi connectivity index (χ3n) is 2.99. The lowest BCUT2D eigenvalue weighted by Crippen LogP contribution is -2.14. The van der Waals surface area contributed by atoms with Gasteiger partial charge in [0, 0.05) is 6.42 Å². The number of hydrogen-bond acceptors (Lipinski definition) is 6. The first kappa shape index (κ1) is 14.3. The molecule has 1 aromatic carbocycles. The van der Waals surface area contributed by atoms with Crippen molar-refractivity contribution >= 4 is 0 Å². The predicted octanol–water partition coefficient (Wildman–Crippen LogP) is 2.09. The summed E-state index contributed by atoms with van der Waals surface area (Å²) in [7, 11) is 3.18. The van der Waals surface area contributed by atoms with Gasteiger partial charge in [-0.3, -0.25) is 0 Å². The largest absolute Gasteiger partial charge is 0.493 e. The lowest BCUT2D eigenvalue weighted by atomic mass is 10.1. The standard InChI is InChI=1S/C14H19N3O3/c1-4-5-12-16-14(17-20-12)13(15)9-6-7-10(18-2)11(8-9)19-3/h6-8,13H,4-5,15H2,1-3H3. The van der Waals surface area contributed by atoms with Crippen LogP contribution in [-0.2, 0) is 6.42 Å². The van der Waals surface area contributed by atoms with Gasteiger partial charge in [-0.1, -0.05) is 18.1 Å². The maximum absolute atomic E-state index is 6.16. The van der Waals surface area contributed by atoms with Crippen LogP contribution in [0.2, 0.25) is 0 Å². The molecule has 0 aliphatic rings. The molecule has 0 saturated heterocycles. The van der Waals surface area contributed by atoms with Crippen molar-refractivity contribution in [2.75, 3.05) is 14.2 Å². The average molecular weight is 277 g/mol. The SMILES string of the molecule is CCCc1nc(C(N)c2ccc(OC)c(OC)c2)no1. The number of aromatic nitrogens is 2. The lowest BCUT2D eigenvalue weighted by molar-refractivity contribution is 0.354. The Labute approximate surface area is 117 Å². The van der Waals surface area contributed by atoms with Crippen LogP contribution in [0.15, 0.2) is 22.7 Å². The zero-order chi connectivity index (χ0) is 14.5. The Morgan fingerprint density at radius 2 is 2.00 bits per heavy atom. The van der Waals surface area contributed by atoms with Crippen LogP contribution in [-0.4, -0.2) is 24.4 Å². The van der Waals surface area contributed by atoms with E-state index in [9.17, 15) is 0 Å². The van der Waals surface area contributed by atoms with Crippen molar-refractivity contribution in [2.45, 2.75) is 25.8 Å². The molecule has 0 radical (unpaired) electrons. The summed E-state index contributed by atoms with van der Waals surface area (Å²) in [4.78, 5) is 4.30. The molecule has 1 heterocycles. The van der Waals surface area contributed by atoms with Crippen molar-refractivity contribution in [1.82, 2.24) is 10.1 Å². The molecule has 108 valence electrons. The third-order valence-corrected chi connectivity index (χ3v) is 2.99. The van der Waals surface area contributed by atoms with Gasteiger partial charge in [0.1, 0.15) is 0 Å². The minimum atomic E-state index is -0.454. The van der Waals surface area contributed by atoms with Gasteiger partial charge in [0.05, 0.1) is 20.3 Å². The Morgan fingerprint density at radius 3 is 2.65 bits per heavy atom. The first-order valence-electron chi connectivity index (χ1n) is 6.49. The topological polar surface area (TPSA) is 83.4 Å². The van der Waals surface area contributed by atoms with E-state index in [1.54, 1.807) is 20.3 Å². The van der Waals surface area contributed by atoms with Crippen molar-refractivity contribution in [3.8, 4) is 11.5 Å². The van der Waals surface area contributed by atoms with Gasteiger partial charge in [0.2, 0.25) is 5.89 Å². The van der Waals surface area contributed by atoms with Crippen LogP contribution >= 0.6 is 0 Å². The minimum absolute atomic E-state index is 0.454. The van der Waals surface area contributed by atoms with Gasteiger partial charge in [0.15, 0.2) is 17.3 Å². The number of hydrogen-bond donors (Lipinski definition) is 1. The highest BCUT2D eigenvalue weighted by atomic mass is 16.5. The van der Waals surface area contributed by atoms with Crippen LogP contribution in [0.4, 0.5) is 0 Å². The van der Waals surface area contributed by atoms with E-state index in [-0.39, 0.29) is 0 Å². The number of nitrogens with zero attached hydrogens (tertiary/aromatic N) is 2. The van der Waals surface area contributed by atoms with Gasteiger partial charge in [0.25, 0.3) is 0 Å². The van der Waals surface area contributed by atoms with E-state index in [4.69, 9.17) is 19.7 Å². The molecular weight excluding hydrogens is 258 g/mol. The van der Waals surface area contributed by atoms with Crippen molar-refractivity contribution in [1.29, 1.82) is 0 Å². The van der Waals surface area contributed by atoms with E-state index in [0.29, 0.717) is 23.2 Å². The number of rotatable bonds is 6. The van der Waals surface area contributed by atoms with Crippen LogP contribution < -0.4 is 15.2 Å². The summed E-state index contributed by atoms with van der Waals surface area (Å²) in [6, 6.07) is 5.03. The summed E-state index contributed by atoms with van der Waals surface area (Å²) >= 11 is 0. The molecule has 0 aliphatic carbocycles. The molecule has 0 aliphatic heterocycles. The van der Waals surface area contributed by atoms with Crippen LogP contribution in [0.5, 0.6) is 11.5 Å². The minimum Gasteiger partial charge on any atom is -0.493 e. The smallest absolute Gasteiger partial charge is 0.226 e. The van der Waals surface area contributed by atoms with E-state index in [2.05, 4.69) is 17.1 Å². The van der Waals surface area contributed by atoms with Crippen LogP contribution in [0, 0.1) is 0 Å². The van der Waals surface area contributed by atoms with E-state index < -0.39 is 6.04 Å². The summed E-state index contributed by atoms with van der Waals surface area (Å²) in [5, 5.41) is 3.93. The van der Waals surface area contributed by atoms with Crippen LogP contribution in [0.25, 0.3) is 0 Å². The van der Waals surface area contributed by atoms with Gasteiger partial charge in [-0.25, -0.2) is 0 Å². The van der Waals surface area contributed by atoms with E-state index in [0.717, 1.165) is 18.4 Å². The zero-order valence-corrected chi connectivity index (χ0v) is 11.9. The van der Waals surface area contributed by atoms with E-state index >= 15 is 0 Å². The molecule has 2 N–H and O–H groups in total. The van der Waals surface area contributed by atoms with Crippen molar-refractivity contribution < 1.29 is 14.0 Å². The van der Waals surface area contributed by atoms with Crippen molar-refractivity contribution in [3.05, 3.63) is 35.5 Å². The first-order valence-corrected chi connectivity index (χ1v) is 6.49. The number of aryl methyl sites for hydroxylation is 1. The maximum Gasteiger partial charge on any atom is 0.226 e. The fourth-order valence-corrected chi connectivity index (χ4v) is 1.91. The number of nitrogens with two attached hydrogens (primary N) is 1. The Hall–Kier alpha value is -2.08. The van der Waals surface area contributed by atoms with Crippen LogP contribution in [0.3, 0.4) is 0 Å². The second-order valence-corrected chi connectivity index (χ2v) is 4.39. The highest BCUT2D eigenvalue weighted by molar-refractivity contribution is 5.44. The molecule has 1 atom stereocenters. The molecule has 0 amide bonds. The highest BCUT2D eigenvalue weighted by Gasteiger charge is 2.17. The van der Waals surface area contributed by atoms with Gasteiger partial charge < -0.3 is 19.7 Å².